The van der Waals surface area contributed by atoms with Gasteiger partial charge < -0.3 is 5.32 Å². The van der Waals surface area contributed by atoms with E-state index in [-0.39, 0.29) is 5.41 Å². The Balaban J connectivity index is 1.85. The van der Waals surface area contributed by atoms with E-state index in [0.29, 0.717) is 29.9 Å². The maximum Gasteiger partial charge on any atom is 0.243 e. The number of fused-ring (bicyclic) bond motifs is 1. The Kier molecular flexibility index (Phi) is 3.19. The fraction of sp³-hybridized carbons (Fsp3) is 0.600. The molecule has 3 rings (SSSR count). The summed E-state index contributed by atoms with van der Waals surface area (Å²) < 4.78 is 27.1. The van der Waals surface area contributed by atoms with Gasteiger partial charge in [0.25, 0.3) is 0 Å². The lowest BCUT2D eigenvalue weighted by atomic mass is 9.60. The first-order valence-corrected chi connectivity index (χ1v) is 8.55. The van der Waals surface area contributed by atoms with Gasteiger partial charge in [0.1, 0.15) is 0 Å². The molecule has 1 aromatic rings. The number of nitrogens with one attached hydrogen (secondary N) is 1. The normalized spacial score (nSPS) is 33.8. The molecule has 1 saturated heterocycles. The average molecular weight is 294 g/mol. The highest BCUT2D eigenvalue weighted by Gasteiger charge is 2.57. The second-order valence-electron chi connectivity index (χ2n) is 6.47. The SMILES string of the molecule is CN[C@H]1C[C@@]2(C)CN(S(=O)(=O)c3ccc(C)cc3)C[C@@H]12. The Morgan fingerprint density at radius 1 is 1.30 bits per heavy atom. The summed E-state index contributed by atoms with van der Waals surface area (Å²) in [5.74, 6) is 0.438. The van der Waals surface area contributed by atoms with Crippen LogP contribution in [-0.2, 0) is 10.0 Å². The molecule has 3 atom stereocenters. The molecule has 1 aliphatic heterocycles. The average Bonchev–Trinajstić information content (AvgIpc) is 2.66. The van der Waals surface area contributed by atoms with Crippen molar-refractivity contribution in [2.75, 3.05) is 20.1 Å². The van der Waals surface area contributed by atoms with E-state index in [1.807, 2.05) is 26.1 Å². The molecule has 1 heterocycles. The zero-order chi connectivity index (χ0) is 14.5. The van der Waals surface area contributed by atoms with E-state index < -0.39 is 10.0 Å². The van der Waals surface area contributed by atoms with Crippen molar-refractivity contribution in [3.8, 4) is 0 Å². The topological polar surface area (TPSA) is 49.4 Å². The summed E-state index contributed by atoms with van der Waals surface area (Å²) in [7, 11) is -1.39. The molecule has 0 radical (unpaired) electrons. The third kappa shape index (κ3) is 2.00. The van der Waals surface area contributed by atoms with Crippen LogP contribution in [0.5, 0.6) is 0 Å². The Morgan fingerprint density at radius 3 is 2.55 bits per heavy atom. The molecule has 0 unspecified atom stereocenters. The van der Waals surface area contributed by atoms with Gasteiger partial charge in [-0.05, 0) is 43.9 Å². The summed E-state index contributed by atoms with van der Waals surface area (Å²) in [6.07, 6.45) is 1.06. The lowest BCUT2D eigenvalue weighted by molar-refractivity contribution is 0.0573. The highest BCUT2D eigenvalue weighted by atomic mass is 32.2. The van der Waals surface area contributed by atoms with Crippen molar-refractivity contribution >= 4 is 10.0 Å². The van der Waals surface area contributed by atoms with Crippen molar-refractivity contribution in [1.82, 2.24) is 9.62 Å². The Bertz CT molecular complexity index is 611. The molecule has 1 saturated carbocycles. The fourth-order valence-corrected chi connectivity index (χ4v) is 5.28. The van der Waals surface area contributed by atoms with Gasteiger partial charge in [-0.3, -0.25) is 0 Å². The van der Waals surface area contributed by atoms with E-state index in [0.717, 1.165) is 12.0 Å². The van der Waals surface area contributed by atoms with E-state index in [1.165, 1.54) is 0 Å². The Labute approximate surface area is 121 Å². The summed E-state index contributed by atoms with van der Waals surface area (Å²) in [4.78, 5) is 0.411. The molecule has 0 bridgehead atoms. The third-order valence-electron chi connectivity index (χ3n) is 5.03. The smallest absolute Gasteiger partial charge is 0.243 e. The van der Waals surface area contributed by atoms with Gasteiger partial charge in [0, 0.05) is 19.1 Å². The number of sulfonamides is 1. The minimum atomic E-state index is -3.35. The van der Waals surface area contributed by atoms with Crippen molar-refractivity contribution in [3.05, 3.63) is 29.8 Å². The molecule has 5 heteroatoms. The standard InChI is InChI=1S/C15H22N2O2S/c1-11-4-6-12(7-5-11)20(18,19)17-9-13-14(16-3)8-15(13,2)10-17/h4-7,13-14,16H,8-10H2,1-3H3/t13-,14-,15-/m0/s1. The maximum absolute atomic E-state index is 12.7. The molecule has 20 heavy (non-hydrogen) atoms. The number of hydrogen-bond donors (Lipinski definition) is 1. The van der Waals surface area contributed by atoms with Gasteiger partial charge in [0.2, 0.25) is 10.0 Å². The Hall–Kier alpha value is -0.910. The highest BCUT2D eigenvalue weighted by Crippen LogP contribution is 2.52. The van der Waals surface area contributed by atoms with Gasteiger partial charge in [0.05, 0.1) is 4.90 Å². The monoisotopic (exact) mass is 294 g/mol. The summed E-state index contributed by atoms with van der Waals surface area (Å²) in [5, 5.41) is 3.30. The quantitative estimate of drug-likeness (QED) is 0.921. The van der Waals surface area contributed by atoms with Gasteiger partial charge >= 0.3 is 0 Å². The lowest BCUT2D eigenvalue weighted by Crippen LogP contribution is -2.54. The first-order valence-electron chi connectivity index (χ1n) is 7.11. The molecular weight excluding hydrogens is 272 g/mol. The van der Waals surface area contributed by atoms with Crippen LogP contribution in [0.2, 0.25) is 0 Å². The van der Waals surface area contributed by atoms with Crippen LogP contribution < -0.4 is 5.32 Å². The van der Waals surface area contributed by atoms with Crippen LogP contribution in [0, 0.1) is 18.3 Å². The predicted octanol–water partition coefficient (Wildman–Crippen LogP) is 1.61. The fourth-order valence-electron chi connectivity index (χ4n) is 3.68. The number of rotatable bonds is 3. The van der Waals surface area contributed by atoms with E-state index in [1.54, 1.807) is 16.4 Å². The van der Waals surface area contributed by atoms with Crippen LogP contribution >= 0.6 is 0 Å². The molecule has 1 N–H and O–H groups in total. The molecular formula is C15H22N2O2S. The number of hydrogen-bond acceptors (Lipinski definition) is 3. The molecule has 110 valence electrons. The molecule has 0 aromatic heterocycles. The van der Waals surface area contributed by atoms with Crippen LogP contribution in [0.15, 0.2) is 29.2 Å². The molecule has 2 aliphatic rings. The second kappa shape index (κ2) is 4.55. The number of nitrogens with zero attached hydrogens (tertiary/aromatic N) is 1. The van der Waals surface area contributed by atoms with E-state index in [9.17, 15) is 8.42 Å². The van der Waals surface area contributed by atoms with Crippen LogP contribution in [0.3, 0.4) is 0 Å². The van der Waals surface area contributed by atoms with Gasteiger partial charge in [-0.25, -0.2) is 8.42 Å². The van der Waals surface area contributed by atoms with Gasteiger partial charge in [-0.2, -0.15) is 4.31 Å². The third-order valence-corrected chi connectivity index (χ3v) is 6.86. The van der Waals surface area contributed by atoms with Crippen molar-refractivity contribution in [2.45, 2.75) is 31.2 Å². The molecule has 0 spiro atoms. The van der Waals surface area contributed by atoms with Gasteiger partial charge in [-0.1, -0.05) is 24.6 Å². The molecule has 1 aliphatic carbocycles. The number of benzene rings is 1. The zero-order valence-electron chi connectivity index (χ0n) is 12.3. The Morgan fingerprint density at radius 2 is 1.95 bits per heavy atom. The van der Waals surface area contributed by atoms with E-state index >= 15 is 0 Å². The predicted molar refractivity (Wildman–Crippen MR) is 79.0 cm³/mol. The first kappa shape index (κ1) is 14.0. The largest absolute Gasteiger partial charge is 0.317 e. The van der Waals surface area contributed by atoms with Gasteiger partial charge in [0.15, 0.2) is 0 Å². The maximum atomic E-state index is 12.7. The molecule has 0 amide bonds. The lowest BCUT2D eigenvalue weighted by Gasteiger charge is -2.48. The zero-order valence-corrected chi connectivity index (χ0v) is 13.1. The van der Waals surface area contributed by atoms with Crippen molar-refractivity contribution < 1.29 is 8.42 Å². The van der Waals surface area contributed by atoms with Crippen LogP contribution in [-0.4, -0.2) is 38.9 Å². The molecule has 4 nitrogen and oxygen atoms in total. The van der Waals surface area contributed by atoms with Crippen molar-refractivity contribution in [2.24, 2.45) is 11.3 Å². The second-order valence-corrected chi connectivity index (χ2v) is 8.41. The summed E-state index contributed by atoms with van der Waals surface area (Å²) in [5.41, 5.74) is 1.22. The van der Waals surface area contributed by atoms with Crippen molar-refractivity contribution in [3.63, 3.8) is 0 Å². The number of aryl methyl sites for hydroxylation is 1. The first-order chi connectivity index (χ1) is 9.37. The minimum Gasteiger partial charge on any atom is -0.317 e. The minimum absolute atomic E-state index is 0.144. The summed E-state index contributed by atoms with van der Waals surface area (Å²) >= 11 is 0. The summed E-state index contributed by atoms with van der Waals surface area (Å²) in [6.45, 7) is 5.45. The van der Waals surface area contributed by atoms with Crippen LogP contribution in [0.4, 0.5) is 0 Å². The highest BCUT2D eigenvalue weighted by molar-refractivity contribution is 7.89. The van der Waals surface area contributed by atoms with E-state index in [4.69, 9.17) is 0 Å². The van der Waals surface area contributed by atoms with Crippen molar-refractivity contribution in [1.29, 1.82) is 0 Å². The summed E-state index contributed by atoms with van der Waals surface area (Å²) in [6, 6.07) is 7.59. The van der Waals surface area contributed by atoms with Crippen LogP contribution in [0.1, 0.15) is 18.9 Å². The van der Waals surface area contributed by atoms with E-state index in [2.05, 4.69) is 12.2 Å². The van der Waals surface area contributed by atoms with Gasteiger partial charge in [-0.15, -0.1) is 0 Å². The molecule has 2 fully saturated rings. The molecule has 1 aromatic carbocycles. The van der Waals surface area contributed by atoms with Crippen LogP contribution in [0.25, 0.3) is 0 Å².